The van der Waals surface area contributed by atoms with E-state index in [0.717, 1.165) is 12.8 Å². The summed E-state index contributed by atoms with van der Waals surface area (Å²) in [7, 11) is 0. The maximum Gasteiger partial charge on any atom is 0.145 e. The van der Waals surface area contributed by atoms with Gasteiger partial charge in [-0.3, -0.25) is 0 Å². The van der Waals surface area contributed by atoms with Crippen LogP contribution in [0.25, 0.3) is 0 Å². The Bertz CT molecular complexity index is 265. The van der Waals surface area contributed by atoms with Crippen LogP contribution in [0, 0.1) is 35.0 Å². The second kappa shape index (κ2) is 2.51. The molecular formula is C10H13NO. The Balaban J connectivity index is 2.99. The third-order valence-electron chi connectivity index (χ3n) is 2.75. The fourth-order valence-corrected chi connectivity index (χ4v) is 1.56. The zero-order chi connectivity index (χ0) is 9.41. The van der Waals surface area contributed by atoms with E-state index in [2.05, 4.69) is 12.0 Å². The van der Waals surface area contributed by atoms with Gasteiger partial charge >= 0.3 is 0 Å². The molecule has 1 atom stereocenters. The molecule has 0 unspecified atom stereocenters. The molecule has 0 amide bonds. The van der Waals surface area contributed by atoms with Gasteiger partial charge in [-0.05, 0) is 18.8 Å². The van der Waals surface area contributed by atoms with E-state index < -0.39 is 11.0 Å². The quantitative estimate of drug-likeness (QED) is 0.624. The van der Waals surface area contributed by atoms with E-state index in [0.29, 0.717) is 0 Å². The highest BCUT2D eigenvalue weighted by atomic mass is 16.3. The number of rotatable bonds is 2. The van der Waals surface area contributed by atoms with Crippen LogP contribution >= 0.6 is 0 Å². The lowest BCUT2D eigenvalue weighted by molar-refractivity contribution is 0.00491. The fourth-order valence-electron chi connectivity index (χ4n) is 1.56. The molecule has 1 rings (SSSR count). The van der Waals surface area contributed by atoms with E-state index in [9.17, 15) is 5.11 Å². The lowest BCUT2D eigenvalue weighted by atomic mass is 9.77. The predicted molar refractivity (Wildman–Crippen MR) is 45.9 cm³/mol. The Labute approximate surface area is 73.2 Å². The van der Waals surface area contributed by atoms with Crippen molar-refractivity contribution in [3.8, 4) is 18.4 Å². The molecule has 0 bridgehead atoms. The number of nitrogens with zero attached hydrogens (tertiary/aromatic N) is 1. The highest BCUT2D eigenvalue weighted by Gasteiger charge is 2.60. The molecule has 0 aromatic rings. The minimum atomic E-state index is -1.23. The number of hydrogen-bond donors (Lipinski definition) is 1. The largest absolute Gasteiger partial charge is 0.376 e. The summed E-state index contributed by atoms with van der Waals surface area (Å²) < 4.78 is 0. The molecule has 1 N–H and O–H groups in total. The van der Waals surface area contributed by atoms with Crippen LogP contribution in [0.4, 0.5) is 0 Å². The summed E-state index contributed by atoms with van der Waals surface area (Å²) in [6, 6.07) is 2.13. The molecule has 2 nitrogen and oxygen atoms in total. The highest BCUT2D eigenvalue weighted by molar-refractivity contribution is 5.30. The first-order valence-corrected chi connectivity index (χ1v) is 4.14. The Morgan fingerprint density at radius 1 is 1.58 bits per heavy atom. The molecule has 64 valence electrons. The average molecular weight is 163 g/mol. The Morgan fingerprint density at radius 3 is 2.17 bits per heavy atom. The first-order valence-electron chi connectivity index (χ1n) is 4.14. The summed E-state index contributed by atoms with van der Waals surface area (Å²) in [4.78, 5) is 0. The van der Waals surface area contributed by atoms with E-state index >= 15 is 0 Å². The van der Waals surface area contributed by atoms with Crippen molar-refractivity contribution in [3.63, 3.8) is 0 Å². The van der Waals surface area contributed by atoms with Gasteiger partial charge in [0.05, 0.1) is 11.5 Å². The number of nitriles is 1. The minimum Gasteiger partial charge on any atom is -0.376 e. The second-order valence-electron chi connectivity index (χ2n) is 3.76. The molecule has 0 heterocycles. The zero-order valence-corrected chi connectivity index (χ0v) is 7.46. The number of hydrogen-bond acceptors (Lipinski definition) is 2. The summed E-state index contributed by atoms with van der Waals surface area (Å²) in [5, 5.41) is 18.9. The molecule has 12 heavy (non-hydrogen) atoms. The van der Waals surface area contributed by atoms with Crippen LogP contribution in [0.3, 0.4) is 0 Å². The van der Waals surface area contributed by atoms with Crippen LogP contribution in [0.2, 0.25) is 0 Å². The van der Waals surface area contributed by atoms with Crippen LogP contribution < -0.4 is 0 Å². The monoisotopic (exact) mass is 163 g/mol. The van der Waals surface area contributed by atoms with Crippen LogP contribution in [0.15, 0.2) is 0 Å². The lowest BCUT2D eigenvalue weighted by Gasteiger charge is -2.30. The van der Waals surface area contributed by atoms with Gasteiger partial charge in [0.25, 0.3) is 0 Å². The van der Waals surface area contributed by atoms with Gasteiger partial charge in [-0.15, -0.1) is 6.42 Å². The van der Waals surface area contributed by atoms with Crippen LogP contribution in [-0.4, -0.2) is 10.7 Å². The molecule has 1 aliphatic rings. The zero-order valence-electron chi connectivity index (χ0n) is 7.46. The Hall–Kier alpha value is -0.990. The standard InChI is InChI=1S/C10H13NO/c1-4-10(12,8(2)3)9(7-11)5-6-9/h1,8,12H,5-6H2,2-3H3/t10-/m1/s1. The van der Waals surface area contributed by atoms with Crippen LogP contribution in [0.5, 0.6) is 0 Å². The third kappa shape index (κ3) is 0.924. The predicted octanol–water partition coefficient (Wildman–Crippen LogP) is 1.31. The average Bonchev–Trinajstić information content (AvgIpc) is 2.83. The number of aliphatic hydroxyl groups is 1. The molecule has 0 spiro atoms. The second-order valence-corrected chi connectivity index (χ2v) is 3.76. The molecule has 0 aliphatic heterocycles. The summed E-state index contributed by atoms with van der Waals surface area (Å²) >= 11 is 0. The van der Waals surface area contributed by atoms with Gasteiger partial charge < -0.3 is 5.11 Å². The van der Waals surface area contributed by atoms with Crippen molar-refractivity contribution in [2.24, 2.45) is 11.3 Å². The van der Waals surface area contributed by atoms with Crippen molar-refractivity contribution in [2.45, 2.75) is 32.3 Å². The van der Waals surface area contributed by atoms with Crippen molar-refractivity contribution < 1.29 is 5.11 Å². The summed E-state index contributed by atoms with van der Waals surface area (Å²) in [5.41, 5.74) is -1.89. The van der Waals surface area contributed by atoms with Gasteiger partial charge in [-0.1, -0.05) is 19.8 Å². The third-order valence-corrected chi connectivity index (χ3v) is 2.75. The molecule has 1 saturated carbocycles. The highest BCUT2D eigenvalue weighted by Crippen LogP contribution is 2.55. The number of terminal acetylenes is 1. The van der Waals surface area contributed by atoms with Crippen molar-refractivity contribution in [1.82, 2.24) is 0 Å². The summed E-state index contributed by atoms with van der Waals surface area (Å²) in [6.45, 7) is 3.69. The van der Waals surface area contributed by atoms with Crippen LogP contribution in [0.1, 0.15) is 26.7 Å². The van der Waals surface area contributed by atoms with Crippen molar-refractivity contribution in [2.75, 3.05) is 0 Å². The maximum atomic E-state index is 10.0. The molecule has 0 aromatic heterocycles. The van der Waals surface area contributed by atoms with Crippen molar-refractivity contribution in [3.05, 3.63) is 0 Å². The maximum absolute atomic E-state index is 10.0. The van der Waals surface area contributed by atoms with Gasteiger partial charge in [0, 0.05) is 0 Å². The summed E-state index contributed by atoms with van der Waals surface area (Å²) in [6.07, 6.45) is 6.71. The molecule has 0 saturated heterocycles. The fraction of sp³-hybridized carbons (Fsp3) is 0.700. The van der Waals surface area contributed by atoms with Gasteiger partial charge in [-0.25, -0.2) is 0 Å². The molecule has 1 fully saturated rings. The van der Waals surface area contributed by atoms with E-state index in [1.54, 1.807) is 0 Å². The summed E-state index contributed by atoms with van der Waals surface area (Å²) in [5.74, 6) is 2.30. The smallest absolute Gasteiger partial charge is 0.145 e. The first-order chi connectivity index (χ1) is 5.52. The van der Waals surface area contributed by atoms with Crippen LogP contribution in [-0.2, 0) is 0 Å². The lowest BCUT2D eigenvalue weighted by Crippen LogP contribution is -2.42. The van der Waals surface area contributed by atoms with E-state index in [1.165, 1.54) is 0 Å². The molecule has 0 aromatic carbocycles. The molecular weight excluding hydrogens is 150 g/mol. The molecule has 0 radical (unpaired) electrons. The Morgan fingerprint density at radius 2 is 2.08 bits per heavy atom. The van der Waals surface area contributed by atoms with E-state index in [-0.39, 0.29) is 5.92 Å². The Kier molecular flexibility index (Phi) is 1.90. The normalized spacial score (nSPS) is 23.8. The molecule has 2 heteroatoms. The van der Waals surface area contributed by atoms with Gasteiger partial charge in [0.2, 0.25) is 0 Å². The van der Waals surface area contributed by atoms with Crippen molar-refractivity contribution in [1.29, 1.82) is 5.26 Å². The van der Waals surface area contributed by atoms with E-state index in [1.807, 2.05) is 13.8 Å². The molecule has 1 aliphatic carbocycles. The topological polar surface area (TPSA) is 44.0 Å². The van der Waals surface area contributed by atoms with Gasteiger partial charge in [-0.2, -0.15) is 5.26 Å². The van der Waals surface area contributed by atoms with Gasteiger partial charge in [0.15, 0.2) is 0 Å². The minimum absolute atomic E-state index is 0.0651. The first kappa shape index (κ1) is 9.10. The van der Waals surface area contributed by atoms with E-state index in [4.69, 9.17) is 11.7 Å². The SMILES string of the molecule is C#C[C@@](O)(C(C)C)C1(C#N)CC1. The van der Waals surface area contributed by atoms with Gasteiger partial charge in [0.1, 0.15) is 5.60 Å². The van der Waals surface area contributed by atoms with Crippen molar-refractivity contribution >= 4 is 0 Å².